The average Bonchev–Trinajstić information content (AvgIpc) is 2.17. The third-order valence-electron chi connectivity index (χ3n) is 1.38. The van der Waals surface area contributed by atoms with Gasteiger partial charge in [-0.1, -0.05) is 0 Å². The third kappa shape index (κ3) is 1.59. The van der Waals surface area contributed by atoms with E-state index in [4.69, 9.17) is 15.6 Å². The number of hydrogen-bond donors (Lipinski definition) is 2. The van der Waals surface area contributed by atoms with Gasteiger partial charge in [0.2, 0.25) is 11.5 Å². The predicted molar refractivity (Wildman–Crippen MR) is 42.3 cm³/mol. The molecule has 0 aliphatic carbocycles. The van der Waals surface area contributed by atoms with Gasteiger partial charge < -0.3 is 19.7 Å². The number of aromatic hydroxyl groups is 2. The highest BCUT2D eigenvalue weighted by Gasteiger charge is 2.15. The number of rotatable bonds is 2. The van der Waals surface area contributed by atoms with Crippen LogP contribution >= 0.6 is 0 Å². The minimum atomic E-state index is -0.604. The predicted octanol–water partition coefficient (Wildman–Crippen LogP) is 0.818. The van der Waals surface area contributed by atoms with Crippen molar-refractivity contribution in [1.82, 2.24) is 0 Å². The monoisotopic (exact) mass is 192 g/mol. The Bertz CT molecular complexity index is 430. The molecule has 1 aromatic rings. The number of phenols is 2. The summed E-state index contributed by atoms with van der Waals surface area (Å²) in [6.07, 6.45) is 2.61. The first kappa shape index (κ1) is 9.49. The molecule has 0 fully saturated rings. The van der Waals surface area contributed by atoms with Gasteiger partial charge in [-0.3, -0.25) is 0 Å². The molecule has 0 aliphatic heterocycles. The molecule has 2 N–H and O–H groups in total. The van der Waals surface area contributed by atoms with Gasteiger partial charge >= 0.3 is 0 Å². The van der Waals surface area contributed by atoms with E-state index in [-0.39, 0.29) is 5.75 Å². The van der Waals surface area contributed by atoms with Gasteiger partial charge in [0.15, 0.2) is 11.5 Å². The lowest BCUT2D eigenvalue weighted by Crippen LogP contribution is -1.88. The molecule has 0 atom stereocenters. The zero-order chi connectivity index (χ0) is 10.6. The molecular formula is C8H4N2O4. The van der Waals surface area contributed by atoms with Crippen molar-refractivity contribution in [2.45, 2.75) is 0 Å². The summed E-state index contributed by atoms with van der Waals surface area (Å²) in [6.45, 7) is 0. The first-order chi connectivity index (χ1) is 6.70. The molecule has 0 spiro atoms. The minimum absolute atomic E-state index is 0.199. The lowest BCUT2D eigenvalue weighted by atomic mass is 10.2. The number of benzene rings is 1. The summed E-state index contributed by atoms with van der Waals surface area (Å²) in [5.74, 6) is -1.67. The van der Waals surface area contributed by atoms with Crippen molar-refractivity contribution in [2.24, 2.45) is 0 Å². The summed E-state index contributed by atoms with van der Waals surface area (Å²) < 4.78 is 8.60. The molecule has 0 amide bonds. The Kier molecular flexibility index (Phi) is 2.63. The van der Waals surface area contributed by atoms with Crippen LogP contribution in [0.1, 0.15) is 0 Å². The fraction of sp³-hybridized carbons (Fsp3) is 0. The Balaban J connectivity index is 3.21. The summed E-state index contributed by atoms with van der Waals surface area (Å²) in [5.41, 5.74) is 0. The maximum absolute atomic E-state index is 9.32. The number of nitriles is 2. The van der Waals surface area contributed by atoms with Crippen LogP contribution in [0.25, 0.3) is 0 Å². The van der Waals surface area contributed by atoms with Crippen LogP contribution in [-0.2, 0) is 0 Å². The summed E-state index contributed by atoms with van der Waals surface area (Å²) in [6, 6.07) is 2.29. The van der Waals surface area contributed by atoms with Crippen LogP contribution in [-0.4, -0.2) is 10.2 Å². The lowest BCUT2D eigenvalue weighted by Gasteiger charge is -2.05. The van der Waals surface area contributed by atoms with Gasteiger partial charge in [-0.05, 0) is 12.1 Å². The molecule has 1 rings (SSSR count). The van der Waals surface area contributed by atoms with Crippen LogP contribution < -0.4 is 9.47 Å². The Morgan fingerprint density at radius 1 is 1.07 bits per heavy atom. The van der Waals surface area contributed by atoms with E-state index in [0.29, 0.717) is 0 Å². The number of ether oxygens (including phenoxy) is 2. The Morgan fingerprint density at radius 3 is 2.29 bits per heavy atom. The van der Waals surface area contributed by atoms with Crippen LogP contribution in [0.4, 0.5) is 0 Å². The van der Waals surface area contributed by atoms with Crippen molar-refractivity contribution >= 4 is 0 Å². The van der Waals surface area contributed by atoms with Crippen LogP contribution in [0.5, 0.6) is 23.0 Å². The molecule has 0 aromatic heterocycles. The first-order valence-corrected chi connectivity index (χ1v) is 3.37. The van der Waals surface area contributed by atoms with Gasteiger partial charge in [0.25, 0.3) is 12.5 Å². The third-order valence-corrected chi connectivity index (χ3v) is 1.38. The molecule has 0 saturated carbocycles. The van der Waals surface area contributed by atoms with E-state index in [1.165, 1.54) is 12.5 Å². The van der Waals surface area contributed by atoms with Gasteiger partial charge in [0.1, 0.15) is 0 Å². The van der Waals surface area contributed by atoms with Crippen LogP contribution in [0.3, 0.4) is 0 Å². The molecule has 0 aliphatic rings. The first-order valence-electron chi connectivity index (χ1n) is 3.37. The minimum Gasteiger partial charge on any atom is -0.504 e. The average molecular weight is 192 g/mol. The summed E-state index contributed by atoms with van der Waals surface area (Å²) in [5, 5.41) is 34.8. The van der Waals surface area contributed by atoms with Crippen molar-refractivity contribution in [1.29, 1.82) is 10.5 Å². The van der Waals surface area contributed by atoms with Crippen LogP contribution in [0.15, 0.2) is 12.1 Å². The smallest absolute Gasteiger partial charge is 0.292 e. The standard InChI is InChI=1S/C8H4N2O4/c9-3-13-6-2-1-5(11)8(7(6)12)14-4-10/h1-2,11-12H. The van der Waals surface area contributed by atoms with Crippen molar-refractivity contribution < 1.29 is 19.7 Å². The van der Waals surface area contributed by atoms with E-state index in [1.807, 2.05) is 0 Å². The molecule has 0 unspecified atom stereocenters. The number of nitrogens with zero attached hydrogens (tertiary/aromatic N) is 2. The molecule has 6 nitrogen and oxygen atoms in total. The molecule has 6 heteroatoms. The van der Waals surface area contributed by atoms with Crippen molar-refractivity contribution in [3.05, 3.63) is 12.1 Å². The van der Waals surface area contributed by atoms with E-state index >= 15 is 0 Å². The van der Waals surface area contributed by atoms with Gasteiger partial charge in [0.05, 0.1) is 0 Å². The normalized spacial score (nSPS) is 8.43. The zero-order valence-electron chi connectivity index (χ0n) is 6.76. The van der Waals surface area contributed by atoms with Crippen LogP contribution in [0, 0.1) is 23.0 Å². The lowest BCUT2D eigenvalue weighted by molar-refractivity contribution is 0.365. The number of phenolic OH excluding ortho intramolecular Hbond substituents is 2. The van der Waals surface area contributed by atoms with Gasteiger partial charge in [-0.15, -0.1) is 10.5 Å². The van der Waals surface area contributed by atoms with Crippen LogP contribution in [0.2, 0.25) is 0 Å². The Hall–Kier alpha value is -2.60. The quantitative estimate of drug-likeness (QED) is 0.671. The van der Waals surface area contributed by atoms with Gasteiger partial charge in [0, 0.05) is 0 Å². The summed E-state index contributed by atoms with van der Waals surface area (Å²) >= 11 is 0. The summed E-state index contributed by atoms with van der Waals surface area (Å²) in [7, 11) is 0. The highest BCUT2D eigenvalue weighted by molar-refractivity contribution is 5.58. The molecule has 0 radical (unpaired) electrons. The maximum Gasteiger partial charge on any atom is 0.292 e. The highest BCUT2D eigenvalue weighted by atomic mass is 16.5. The fourth-order valence-electron chi connectivity index (χ4n) is 0.820. The maximum atomic E-state index is 9.32. The second kappa shape index (κ2) is 3.87. The number of hydrogen-bond acceptors (Lipinski definition) is 6. The second-order valence-electron chi connectivity index (χ2n) is 2.15. The SMILES string of the molecule is N#COc1ccc(O)c(OC#N)c1O. The summed E-state index contributed by atoms with van der Waals surface area (Å²) in [4.78, 5) is 0. The van der Waals surface area contributed by atoms with E-state index in [2.05, 4.69) is 9.47 Å². The van der Waals surface area contributed by atoms with E-state index in [9.17, 15) is 5.11 Å². The Morgan fingerprint density at radius 2 is 1.71 bits per heavy atom. The van der Waals surface area contributed by atoms with E-state index < -0.39 is 17.2 Å². The largest absolute Gasteiger partial charge is 0.504 e. The van der Waals surface area contributed by atoms with Crippen molar-refractivity contribution in [3.63, 3.8) is 0 Å². The highest BCUT2D eigenvalue weighted by Crippen LogP contribution is 2.42. The zero-order valence-corrected chi connectivity index (χ0v) is 6.76. The van der Waals surface area contributed by atoms with Crippen molar-refractivity contribution in [3.8, 4) is 35.5 Å². The van der Waals surface area contributed by atoms with Crippen molar-refractivity contribution in [2.75, 3.05) is 0 Å². The van der Waals surface area contributed by atoms with Gasteiger partial charge in [-0.25, -0.2) is 0 Å². The molecule has 70 valence electrons. The molecule has 14 heavy (non-hydrogen) atoms. The topological polar surface area (TPSA) is 107 Å². The molecule has 1 aromatic carbocycles. The Labute approximate surface area is 78.8 Å². The molecule has 0 saturated heterocycles. The van der Waals surface area contributed by atoms with Gasteiger partial charge in [-0.2, -0.15) is 0 Å². The fourth-order valence-corrected chi connectivity index (χ4v) is 0.820. The molecule has 0 bridgehead atoms. The molecular weight excluding hydrogens is 188 g/mol. The van der Waals surface area contributed by atoms with E-state index in [1.54, 1.807) is 0 Å². The second-order valence-corrected chi connectivity index (χ2v) is 2.15. The van der Waals surface area contributed by atoms with E-state index in [0.717, 1.165) is 12.1 Å². The molecule has 0 heterocycles.